The molecule has 1 saturated heterocycles. The van der Waals surface area contributed by atoms with E-state index >= 15 is 0 Å². The van der Waals surface area contributed by atoms with Crippen molar-refractivity contribution in [3.63, 3.8) is 0 Å². The van der Waals surface area contributed by atoms with E-state index in [-0.39, 0.29) is 37.1 Å². The summed E-state index contributed by atoms with van der Waals surface area (Å²) in [7, 11) is 0. The first kappa shape index (κ1) is 15.9. The highest BCUT2D eigenvalue weighted by Crippen LogP contribution is 2.13. The Morgan fingerprint density at radius 1 is 1.12 bits per heavy atom. The lowest BCUT2D eigenvalue weighted by molar-refractivity contribution is -0.142. The molecule has 0 unspecified atom stereocenters. The molecule has 3 rings (SSSR count). The van der Waals surface area contributed by atoms with Gasteiger partial charge >= 0.3 is 0 Å². The number of hydrogen-bond donors (Lipinski definition) is 1. The Morgan fingerprint density at radius 3 is 2.62 bits per heavy atom. The topological polar surface area (TPSA) is 97.2 Å². The van der Waals surface area contributed by atoms with Crippen molar-refractivity contribution in [3.05, 3.63) is 36.8 Å². The van der Waals surface area contributed by atoms with Gasteiger partial charge in [0.15, 0.2) is 5.82 Å². The van der Waals surface area contributed by atoms with Crippen molar-refractivity contribution in [3.8, 4) is 11.5 Å². The molecule has 24 heavy (non-hydrogen) atoms. The van der Waals surface area contributed by atoms with Crippen molar-refractivity contribution in [1.29, 1.82) is 0 Å². The first-order valence-corrected chi connectivity index (χ1v) is 7.67. The van der Waals surface area contributed by atoms with Crippen LogP contribution >= 0.6 is 0 Å². The van der Waals surface area contributed by atoms with Crippen LogP contribution in [0.3, 0.4) is 0 Å². The van der Waals surface area contributed by atoms with Crippen molar-refractivity contribution in [2.75, 3.05) is 13.1 Å². The van der Waals surface area contributed by atoms with Gasteiger partial charge in [-0.05, 0) is 12.1 Å². The molecule has 0 aliphatic carbocycles. The second-order valence-corrected chi connectivity index (χ2v) is 5.38. The van der Waals surface area contributed by atoms with Gasteiger partial charge in [0.1, 0.15) is 12.2 Å². The summed E-state index contributed by atoms with van der Waals surface area (Å²) in [6.07, 6.45) is 5.56. The second-order valence-electron chi connectivity index (χ2n) is 5.38. The smallest absolute Gasteiger partial charge is 0.240 e. The van der Waals surface area contributed by atoms with Crippen LogP contribution in [0, 0.1) is 0 Å². The van der Waals surface area contributed by atoms with Crippen molar-refractivity contribution >= 4 is 17.7 Å². The highest BCUT2D eigenvalue weighted by Gasteiger charge is 2.30. The number of imide groups is 1. The van der Waals surface area contributed by atoms with Gasteiger partial charge in [-0.3, -0.25) is 24.3 Å². The Bertz CT molecular complexity index is 740. The van der Waals surface area contributed by atoms with E-state index in [1.54, 1.807) is 12.4 Å². The number of nitrogens with one attached hydrogen (secondary N) is 1. The number of amides is 3. The molecule has 0 spiro atoms. The molecular formula is C16H17N5O3. The first-order chi connectivity index (χ1) is 11.6. The molecule has 2 aromatic heterocycles. The van der Waals surface area contributed by atoms with E-state index in [2.05, 4.69) is 15.3 Å². The number of likely N-dealkylation sites (tertiary alicyclic amines) is 1. The van der Waals surface area contributed by atoms with Crippen LogP contribution in [0.4, 0.5) is 0 Å². The number of imidazole rings is 1. The van der Waals surface area contributed by atoms with Gasteiger partial charge in [0.2, 0.25) is 17.7 Å². The molecule has 0 radical (unpaired) electrons. The summed E-state index contributed by atoms with van der Waals surface area (Å²) in [5.74, 6) is -0.211. The van der Waals surface area contributed by atoms with Gasteiger partial charge in [-0.2, -0.15) is 0 Å². The van der Waals surface area contributed by atoms with E-state index in [0.717, 1.165) is 16.4 Å². The molecule has 3 heterocycles. The van der Waals surface area contributed by atoms with Gasteiger partial charge in [-0.15, -0.1) is 0 Å². The fraction of sp³-hybridized carbons (Fsp3) is 0.312. The molecule has 1 fully saturated rings. The summed E-state index contributed by atoms with van der Waals surface area (Å²) >= 11 is 0. The van der Waals surface area contributed by atoms with Gasteiger partial charge in [-0.25, -0.2) is 4.98 Å². The Morgan fingerprint density at radius 2 is 1.92 bits per heavy atom. The van der Waals surface area contributed by atoms with E-state index in [0.29, 0.717) is 13.1 Å². The fourth-order valence-electron chi connectivity index (χ4n) is 2.53. The lowest BCUT2D eigenvalue weighted by atomic mass is 10.3. The zero-order chi connectivity index (χ0) is 16.9. The van der Waals surface area contributed by atoms with E-state index < -0.39 is 0 Å². The Kier molecular flexibility index (Phi) is 4.64. The molecule has 124 valence electrons. The SMILES string of the molecule is O=C(CN1C(=O)CCC1=O)NCCn1ccnc1-c1ccccn1. The van der Waals surface area contributed by atoms with Gasteiger partial charge in [0.25, 0.3) is 0 Å². The minimum Gasteiger partial charge on any atom is -0.353 e. The molecule has 1 aliphatic rings. The fourth-order valence-corrected chi connectivity index (χ4v) is 2.53. The minimum absolute atomic E-state index is 0.189. The normalized spacial score (nSPS) is 14.2. The molecule has 0 aromatic carbocycles. The molecule has 1 N–H and O–H groups in total. The minimum atomic E-state index is -0.349. The molecule has 1 aliphatic heterocycles. The molecule has 8 nitrogen and oxygen atoms in total. The largest absolute Gasteiger partial charge is 0.353 e. The van der Waals surface area contributed by atoms with Crippen molar-refractivity contribution in [2.45, 2.75) is 19.4 Å². The zero-order valence-corrected chi connectivity index (χ0v) is 13.0. The molecular weight excluding hydrogens is 310 g/mol. The Balaban J connectivity index is 1.52. The molecule has 0 bridgehead atoms. The maximum absolute atomic E-state index is 11.9. The monoisotopic (exact) mass is 327 g/mol. The van der Waals surface area contributed by atoms with Gasteiger partial charge in [0.05, 0.1) is 0 Å². The lowest BCUT2D eigenvalue weighted by Crippen LogP contribution is -2.40. The van der Waals surface area contributed by atoms with Crippen LogP contribution in [0.15, 0.2) is 36.8 Å². The van der Waals surface area contributed by atoms with Crippen LogP contribution in [0.2, 0.25) is 0 Å². The average Bonchev–Trinajstić information content (AvgIpc) is 3.17. The van der Waals surface area contributed by atoms with E-state index in [1.165, 1.54) is 0 Å². The van der Waals surface area contributed by atoms with E-state index in [9.17, 15) is 14.4 Å². The second kappa shape index (κ2) is 7.03. The maximum Gasteiger partial charge on any atom is 0.240 e. The van der Waals surface area contributed by atoms with E-state index in [1.807, 2.05) is 29.0 Å². The molecule has 0 saturated carbocycles. The van der Waals surface area contributed by atoms with Gasteiger partial charge in [-0.1, -0.05) is 6.07 Å². The third kappa shape index (κ3) is 3.48. The van der Waals surface area contributed by atoms with Crippen LogP contribution in [0.5, 0.6) is 0 Å². The summed E-state index contributed by atoms with van der Waals surface area (Å²) in [5, 5.41) is 2.71. The van der Waals surface area contributed by atoms with Gasteiger partial charge < -0.3 is 9.88 Å². The van der Waals surface area contributed by atoms with Crippen LogP contribution in [0.1, 0.15) is 12.8 Å². The third-order valence-electron chi connectivity index (χ3n) is 3.74. The quantitative estimate of drug-likeness (QED) is 0.765. The van der Waals surface area contributed by atoms with Crippen LogP contribution in [0.25, 0.3) is 11.5 Å². The molecule has 8 heteroatoms. The first-order valence-electron chi connectivity index (χ1n) is 7.67. The summed E-state index contributed by atoms with van der Waals surface area (Å²) < 4.78 is 1.88. The number of aromatic nitrogens is 3. The Labute approximate surface area is 138 Å². The number of carbonyl (C=O) groups is 3. The number of pyridine rings is 1. The highest BCUT2D eigenvalue weighted by atomic mass is 16.2. The predicted molar refractivity (Wildman–Crippen MR) is 84.4 cm³/mol. The standard InChI is InChI=1S/C16H17N5O3/c22-13(11-21-14(23)4-5-15(21)24)18-7-9-20-10-8-19-16(20)12-3-1-2-6-17-12/h1-3,6,8,10H,4-5,7,9,11H2,(H,18,22). The molecule has 3 amide bonds. The Hall–Kier alpha value is -3.03. The lowest BCUT2D eigenvalue weighted by Gasteiger charge is -2.14. The summed E-state index contributed by atoms with van der Waals surface area (Å²) in [5.41, 5.74) is 0.752. The van der Waals surface area contributed by atoms with Crippen molar-refractivity contribution < 1.29 is 14.4 Å². The average molecular weight is 327 g/mol. The van der Waals surface area contributed by atoms with Crippen molar-refractivity contribution in [1.82, 2.24) is 24.8 Å². The van der Waals surface area contributed by atoms with E-state index in [4.69, 9.17) is 0 Å². The summed E-state index contributed by atoms with van der Waals surface area (Å²) in [6.45, 7) is 0.666. The molecule has 2 aromatic rings. The maximum atomic E-state index is 11.9. The number of carbonyl (C=O) groups excluding carboxylic acids is 3. The third-order valence-corrected chi connectivity index (χ3v) is 3.74. The highest BCUT2D eigenvalue weighted by molar-refractivity contribution is 6.04. The van der Waals surface area contributed by atoms with Gasteiger partial charge in [0, 0.05) is 44.5 Å². The summed E-state index contributed by atoms with van der Waals surface area (Å²) in [4.78, 5) is 44.4. The number of nitrogens with zero attached hydrogens (tertiary/aromatic N) is 4. The van der Waals surface area contributed by atoms with Crippen LogP contribution in [-0.2, 0) is 20.9 Å². The molecule has 0 atom stereocenters. The summed E-state index contributed by atoms with van der Waals surface area (Å²) in [6, 6.07) is 5.58. The predicted octanol–water partition coefficient (Wildman–Crippen LogP) is 0.210. The van der Waals surface area contributed by atoms with Crippen LogP contribution in [-0.4, -0.2) is 50.2 Å². The zero-order valence-electron chi connectivity index (χ0n) is 13.0. The van der Waals surface area contributed by atoms with Crippen molar-refractivity contribution in [2.24, 2.45) is 0 Å². The van der Waals surface area contributed by atoms with Crippen LogP contribution < -0.4 is 5.32 Å². The number of hydrogen-bond acceptors (Lipinski definition) is 5. The number of rotatable bonds is 6.